The van der Waals surface area contributed by atoms with E-state index in [-0.39, 0.29) is 35.7 Å². The highest BCUT2D eigenvalue weighted by Gasteiger charge is 2.30. The Hall–Kier alpha value is -2.44. The number of carbonyl (C=O) groups excluding carboxylic acids is 2. The van der Waals surface area contributed by atoms with Gasteiger partial charge in [0, 0.05) is 13.0 Å². The van der Waals surface area contributed by atoms with Gasteiger partial charge >= 0.3 is 6.03 Å². The fraction of sp³-hybridized carbons (Fsp3) is 0.400. The molecule has 0 aliphatic carbocycles. The van der Waals surface area contributed by atoms with Crippen LogP contribution in [-0.2, 0) is 10.2 Å². The third-order valence-electron chi connectivity index (χ3n) is 3.68. The van der Waals surface area contributed by atoms with Crippen molar-refractivity contribution in [1.29, 1.82) is 0 Å². The summed E-state index contributed by atoms with van der Waals surface area (Å²) in [5.74, 6) is -0.591. The summed E-state index contributed by atoms with van der Waals surface area (Å²) in [6.07, 6.45) is 0.169. The van der Waals surface area contributed by atoms with Crippen LogP contribution >= 0.6 is 0 Å². The summed E-state index contributed by atoms with van der Waals surface area (Å²) in [7, 11) is 0. The highest BCUT2D eigenvalue weighted by Crippen LogP contribution is 2.34. The van der Waals surface area contributed by atoms with Gasteiger partial charge in [-0.25, -0.2) is 9.18 Å². The first-order valence-corrected chi connectivity index (χ1v) is 6.99. The third-order valence-corrected chi connectivity index (χ3v) is 3.68. The van der Waals surface area contributed by atoms with E-state index in [1.165, 1.54) is 4.90 Å². The molecule has 1 aliphatic rings. The van der Waals surface area contributed by atoms with E-state index >= 15 is 0 Å². The van der Waals surface area contributed by atoms with Crippen molar-refractivity contribution in [2.75, 3.05) is 11.4 Å². The zero-order valence-electron chi connectivity index (χ0n) is 12.6. The first kappa shape index (κ1) is 14.5. The molecule has 1 aromatic heterocycles. The van der Waals surface area contributed by atoms with Crippen molar-refractivity contribution >= 4 is 28.7 Å². The molecule has 0 saturated carbocycles. The molecule has 0 radical (unpaired) electrons. The van der Waals surface area contributed by atoms with Crippen LogP contribution in [0.1, 0.15) is 32.8 Å². The summed E-state index contributed by atoms with van der Waals surface area (Å²) < 4.78 is 19.7. The van der Waals surface area contributed by atoms with Gasteiger partial charge in [0.05, 0.1) is 5.39 Å². The van der Waals surface area contributed by atoms with Crippen molar-refractivity contribution < 1.29 is 18.5 Å². The molecule has 0 atom stereocenters. The van der Waals surface area contributed by atoms with Crippen molar-refractivity contribution in [1.82, 2.24) is 10.5 Å². The quantitative estimate of drug-likeness (QED) is 0.879. The molecule has 1 N–H and O–H groups in total. The molecule has 0 unspecified atom stereocenters. The number of rotatable bonds is 1. The summed E-state index contributed by atoms with van der Waals surface area (Å²) in [6, 6.07) is 2.78. The molecular formula is C15H16FN3O3. The van der Waals surface area contributed by atoms with Gasteiger partial charge in [0.1, 0.15) is 0 Å². The molecular weight excluding hydrogens is 289 g/mol. The van der Waals surface area contributed by atoms with Gasteiger partial charge in [-0.15, -0.1) is 0 Å². The van der Waals surface area contributed by atoms with Crippen LogP contribution in [-0.4, -0.2) is 23.6 Å². The molecule has 22 heavy (non-hydrogen) atoms. The fourth-order valence-corrected chi connectivity index (χ4v) is 2.50. The molecule has 6 nitrogen and oxygen atoms in total. The lowest BCUT2D eigenvalue weighted by Crippen LogP contribution is -2.49. The number of urea groups is 1. The molecule has 116 valence electrons. The normalized spacial score (nSPS) is 16.3. The number of carbonyl (C=O) groups is 2. The topological polar surface area (TPSA) is 75.4 Å². The van der Waals surface area contributed by atoms with E-state index in [0.717, 1.165) is 0 Å². The summed E-state index contributed by atoms with van der Waals surface area (Å²) in [5, 5.41) is 6.43. The molecule has 3 amide bonds. The number of anilines is 1. The highest BCUT2D eigenvalue weighted by molar-refractivity contribution is 6.08. The van der Waals surface area contributed by atoms with Crippen LogP contribution in [0, 0.1) is 5.82 Å². The molecule has 0 bridgehead atoms. The van der Waals surface area contributed by atoms with E-state index in [1.807, 2.05) is 20.8 Å². The van der Waals surface area contributed by atoms with Gasteiger partial charge in [0.15, 0.2) is 11.6 Å². The third kappa shape index (κ3) is 2.22. The molecule has 1 saturated heterocycles. The lowest BCUT2D eigenvalue weighted by Gasteiger charge is -2.24. The lowest BCUT2D eigenvalue weighted by atomic mass is 9.86. The molecule has 2 heterocycles. The van der Waals surface area contributed by atoms with E-state index in [2.05, 4.69) is 10.5 Å². The Kier molecular flexibility index (Phi) is 3.16. The summed E-state index contributed by atoms with van der Waals surface area (Å²) in [6.45, 7) is 5.89. The summed E-state index contributed by atoms with van der Waals surface area (Å²) in [4.78, 5) is 24.4. The van der Waals surface area contributed by atoms with Gasteiger partial charge in [-0.3, -0.25) is 15.0 Å². The monoisotopic (exact) mass is 305 g/mol. The van der Waals surface area contributed by atoms with E-state index in [1.54, 1.807) is 12.1 Å². The number of aromatic nitrogens is 1. The molecule has 1 aromatic carbocycles. The number of imide groups is 1. The van der Waals surface area contributed by atoms with Crippen LogP contribution in [0.3, 0.4) is 0 Å². The Bertz CT molecular complexity index is 776. The second-order valence-electron chi connectivity index (χ2n) is 6.31. The summed E-state index contributed by atoms with van der Waals surface area (Å²) in [5.41, 5.74) is 0.160. The molecule has 1 aliphatic heterocycles. The number of fused-ring (bicyclic) bond motifs is 1. The van der Waals surface area contributed by atoms with Crippen molar-refractivity contribution in [3.05, 3.63) is 23.5 Å². The molecule has 3 rings (SSSR count). The van der Waals surface area contributed by atoms with Gasteiger partial charge < -0.3 is 4.52 Å². The Balaban J connectivity index is 2.09. The average molecular weight is 305 g/mol. The minimum Gasteiger partial charge on any atom is -0.351 e. The Morgan fingerprint density at radius 1 is 1.32 bits per heavy atom. The Morgan fingerprint density at radius 3 is 2.68 bits per heavy atom. The van der Waals surface area contributed by atoms with Crippen LogP contribution in [0.15, 0.2) is 16.7 Å². The molecule has 2 aromatic rings. The number of hydrogen-bond acceptors (Lipinski definition) is 4. The minimum atomic E-state index is -0.577. The first-order valence-electron chi connectivity index (χ1n) is 6.99. The van der Waals surface area contributed by atoms with Crippen LogP contribution in [0.2, 0.25) is 0 Å². The van der Waals surface area contributed by atoms with E-state index in [0.29, 0.717) is 10.9 Å². The van der Waals surface area contributed by atoms with Crippen molar-refractivity contribution in [3.63, 3.8) is 0 Å². The lowest BCUT2D eigenvalue weighted by molar-refractivity contribution is -0.120. The van der Waals surface area contributed by atoms with Crippen molar-refractivity contribution in [3.8, 4) is 0 Å². The van der Waals surface area contributed by atoms with Gasteiger partial charge in [-0.05, 0) is 17.0 Å². The maximum absolute atomic E-state index is 14.6. The number of benzene rings is 1. The van der Waals surface area contributed by atoms with E-state index in [4.69, 9.17) is 4.52 Å². The second kappa shape index (κ2) is 4.79. The smallest absolute Gasteiger partial charge is 0.329 e. The van der Waals surface area contributed by atoms with Gasteiger partial charge in [-0.1, -0.05) is 32.0 Å². The van der Waals surface area contributed by atoms with Crippen molar-refractivity contribution in [2.45, 2.75) is 32.6 Å². The predicted molar refractivity (Wildman–Crippen MR) is 78.2 cm³/mol. The maximum atomic E-state index is 14.6. The van der Waals surface area contributed by atoms with E-state index in [9.17, 15) is 14.0 Å². The molecule has 1 fully saturated rings. The van der Waals surface area contributed by atoms with Gasteiger partial charge in [0.2, 0.25) is 11.5 Å². The van der Waals surface area contributed by atoms with Gasteiger partial charge in [0.25, 0.3) is 0 Å². The number of halogens is 1. The zero-order chi connectivity index (χ0) is 16.1. The first-order chi connectivity index (χ1) is 10.3. The van der Waals surface area contributed by atoms with Crippen LogP contribution in [0.25, 0.3) is 11.0 Å². The van der Waals surface area contributed by atoms with Crippen LogP contribution in [0.4, 0.5) is 15.0 Å². The highest BCUT2D eigenvalue weighted by atomic mass is 19.1. The van der Waals surface area contributed by atoms with Crippen molar-refractivity contribution in [2.24, 2.45) is 0 Å². The fourth-order valence-electron chi connectivity index (χ4n) is 2.50. The second-order valence-corrected chi connectivity index (χ2v) is 6.31. The predicted octanol–water partition coefficient (Wildman–Crippen LogP) is 2.71. The number of hydrogen-bond donors (Lipinski definition) is 1. The largest absolute Gasteiger partial charge is 0.351 e. The molecule has 7 heteroatoms. The number of nitrogens with zero attached hydrogens (tertiary/aromatic N) is 2. The Labute approximate surface area is 126 Å². The zero-order valence-corrected chi connectivity index (χ0v) is 12.6. The number of nitrogens with one attached hydrogen (secondary N) is 1. The maximum Gasteiger partial charge on any atom is 0.329 e. The Morgan fingerprint density at radius 2 is 2.05 bits per heavy atom. The minimum absolute atomic E-state index is 0.0205. The number of amides is 3. The van der Waals surface area contributed by atoms with E-state index < -0.39 is 11.8 Å². The van der Waals surface area contributed by atoms with Crippen LogP contribution < -0.4 is 10.2 Å². The SMILES string of the molecule is CC(C)(C)c1ccc2c(N3CCC(=O)NC3=O)noc2c1F. The van der Waals surface area contributed by atoms with Crippen LogP contribution in [0.5, 0.6) is 0 Å². The standard InChI is InChI=1S/C15H16FN3O3/c1-15(2,3)9-5-4-8-12(11(9)16)22-18-13(8)19-7-6-10(20)17-14(19)21/h4-5H,6-7H2,1-3H3,(H,17,20,21). The average Bonchev–Trinajstić information content (AvgIpc) is 2.82. The van der Waals surface area contributed by atoms with Gasteiger partial charge in [-0.2, -0.15) is 0 Å². The summed E-state index contributed by atoms with van der Waals surface area (Å²) >= 11 is 0. The molecule has 0 spiro atoms.